The highest BCUT2D eigenvalue weighted by atomic mass is 16.3. The van der Waals surface area contributed by atoms with Gasteiger partial charge in [0.15, 0.2) is 0 Å². The predicted octanol–water partition coefficient (Wildman–Crippen LogP) is 6.77. The van der Waals surface area contributed by atoms with Gasteiger partial charge in [-0.2, -0.15) is 0 Å². The van der Waals surface area contributed by atoms with E-state index in [0.717, 1.165) is 35.2 Å². The molecule has 2 atom stereocenters. The van der Waals surface area contributed by atoms with Crippen molar-refractivity contribution in [3.05, 3.63) is 87.6 Å². The van der Waals surface area contributed by atoms with E-state index in [2.05, 4.69) is 70.0 Å². The number of benzene rings is 2. The second kappa shape index (κ2) is 8.18. The number of allylic oxidation sites excluding steroid dienone is 2. The lowest BCUT2D eigenvalue weighted by atomic mass is 9.83. The van der Waals surface area contributed by atoms with E-state index in [-0.39, 0.29) is 11.7 Å². The van der Waals surface area contributed by atoms with Gasteiger partial charge in [0.2, 0.25) is 0 Å². The van der Waals surface area contributed by atoms with Gasteiger partial charge in [0, 0.05) is 23.4 Å². The van der Waals surface area contributed by atoms with Crippen LogP contribution in [0, 0.1) is 33.6 Å². The van der Waals surface area contributed by atoms with Crippen LogP contribution < -0.4 is 0 Å². The molecule has 2 aromatic rings. The molecule has 0 amide bonds. The molecule has 1 heterocycles. The van der Waals surface area contributed by atoms with Crippen LogP contribution in [0.15, 0.2) is 53.7 Å². The van der Waals surface area contributed by atoms with Gasteiger partial charge in [-0.3, -0.25) is 4.99 Å². The Morgan fingerprint density at radius 2 is 1.82 bits per heavy atom. The summed E-state index contributed by atoms with van der Waals surface area (Å²) in [5, 5.41) is 9.91. The zero-order valence-corrected chi connectivity index (χ0v) is 17.7. The molecule has 0 fully saturated rings. The minimum Gasteiger partial charge on any atom is -0.508 e. The summed E-state index contributed by atoms with van der Waals surface area (Å²) in [4.78, 5) is 4.83. The van der Waals surface area contributed by atoms with E-state index in [1.54, 1.807) is 0 Å². The number of aliphatic imine (C=N–C) groups is 1. The molecule has 1 aliphatic heterocycles. The van der Waals surface area contributed by atoms with Crippen molar-refractivity contribution in [1.82, 2.24) is 0 Å². The van der Waals surface area contributed by atoms with E-state index in [4.69, 9.17) is 4.99 Å². The molecule has 2 unspecified atom stereocenters. The largest absolute Gasteiger partial charge is 0.508 e. The highest BCUT2D eigenvalue weighted by Gasteiger charge is 2.22. The summed E-state index contributed by atoms with van der Waals surface area (Å²) in [6.45, 7) is 14.4. The lowest BCUT2D eigenvalue weighted by Crippen LogP contribution is -2.12. The van der Waals surface area contributed by atoms with Gasteiger partial charge < -0.3 is 5.11 Å². The smallest absolute Gasteiger partial charge is 0.116 e. The van der Waals surface area contributed by atoms with Crippen molar-refractivity contribution in [3.63, 3.8) is 0 Å². The summed E-state index contributed by atoms with van der Waals surface area (Å²) in [7, 11) is 0. The number of aliphatic hydroxyl groups excluding tert-OH is 1. The molecule has 1 N–H and O–H groups in total. The molecule has 0 saturated carbocycles. The van der Waals surface area contributed by atoms with Gasteiger partial charge in [0.05, 0.1) is 0 Å². The SMILES string of the molecule is C=C(O)c1c(C)cc(CC(C2=CCC(C)C=N2)c2cccc(C)c2C)cc1C. The standard InChI is InChI=1S/C26H31NO/c1-16-10-11-25(27-15-16)24(23-9-7-8-17(2)20(23)5)14-22-12-18(3)26(21(6)28)19(4)13-22/h7-9,11-13,15-16,24,28H,6,10,14H2,1-5H3. The van der Waals surface area contributed by atoms with Crippen molar-refractivity contribution in [3.8, 4) is 0 Å². The molecule has 2 aromatic carbocycles. The Morgan fingerprint density at radius 3 is 2.39 bits per heavy atom. The molecule has 146 valence electrons. The normalized spacial score (nSPS) is 17.3. The maximum Gasteiger partial charge on any atom is 0.116 e. The van der Waals surface area contributed by atoms with Gasteiger partial charge in [0.1, 0.15) is 5.76 Å². The van der Waals surface area contributed by atoms with Gasteiger partial charge >= 0.3 is 0 Å². The van der Waals surface area contributed by atoms with Crippen molar-refractivity contribution >= 4 is 12.0 Å². The topological polar surface area (TPSA) is 32.6 Å². The van der Waals surface area contributed by atoms with Crippen LogP contribution in [0.2, 0.25) is 0 Å². The molecular weight excluding hydrogens is 342 g/mol. The van der Waals surface area contributed by atoms with Gasteiger partial charge in [0.25, 0.3) is 0 Å². The van der Waals surface area contributed by atoms with Crippen LogP contribution in [0.3, 0.4) is 0 Å². The maximum absolute atomic E-state index is 9.91. The van der Waals surface area contributed by atoms with E-state index >= 15 is 0 Å². The zero-order chi connectivity index (χ0) is 20.4. The quantitative estimate of drug-likeness (QED) is 0.576. The number of nitrogens with zero attached hydrogens (tertiary/aromatic N) is 1. The van der Waals surface area contributed by atoms with Crippen molar-refractivity contribution in [1.29, 1.82) is 0 Å². The van der Waals surface area contributed by atoms with Crippen LogP contribution in [-0.4, -0.2) is 11.3 Å². The van der Waals surface area contributed by atoms with E-state index < -0.39 is 0 Å². The highest BCUT2D eigenvalue weighted by Crippen LogP contribution is 2.35. The predicted molar refractivity (Wildman–Crippen MR) is 120 cm³/mol. The Hall–Kier alpha value is -2.61. The van der Waals surface area contributed by atoms with Gasteiger partial charge in [-0.15, -0.1) is 0 Å². The Kier molecular flexibility index (Phi) is 5.88. The first-order valence-corrected chi connectivity index (χ1v) is 10.1. The maximum atomic E-state index is 9.91. The molecule has 0 spiro atoms. The van der Waals surface area contributed by atoms with Crippen LogP contribution in [0.5, 0.6) is 0 Å². The summed E-state index contributed by atoms with van der Waals surface area (Å²) in [5.41, 5.74) is 9.43. The molecule has 2 heteroatoms. The second-order valence-corrected chi connectivity index (χ2v) is 8.22. The van der Waals surface area contributed by atoms with Crippen LogP contribution >= 0.6 is 0 Å². The zero-order valence-electron chi connectivity index (χ0n) is 17.7. The third kappa shape index (κ3) is 4.11. The van der Waals surface area contributed by atoms with E-state index in [1.807, 2.05) is 13.8 Å². The number of hydrogen-bond acceptors (Lipinski definition) is 2. The van der Waals surface area contributed by atoms with E-state index in [9.17, 15) is 5.11 Å². The fraction of sp³-hybridized carbons (Fsp3) is 0.346. The minimum atomic E-state index is 0.140. The Labute approximate surface area is 169 Å². The molecule has 0 aromatic heterocycles. The summed E-state index contributed by atoms with van der Waals surface area (Å²) >= 11 is 0. The molecule has 0 radical (unpaired) electrons. The molecule has 0 bridgehead atoms. The van der Waals surface area contributed by atoms with Crippen LogP contribution in [0.1, 0.15) is 58.2 Å². The molecule has 3 rings (SSSR count). The third-order valence-electron chi connectivity index (χ3n) is 5.88. The Balaban J connectivity index is 2.05. The van der Waals surface area contributed by atoms with Gasteiger partial charge in [-0.25, -0.2) is 0 Å². The molecule has 28 heavy (non-hydrogen) atoms. The van der Waals surface area contributed by atoms with Crippen molar-refractivity contribution in [2.24, 2.45) is 10.9 Å². The summed E-state index contributed by atoms with van der Waals surface area (Å²) in [6, 6.07) is 10.9. The lowest BCUT2D eigenvalue weighted by molar-refractivity contribution is 0.512. The van der Waals surface area contributed by atoms with Crippen molar-refractivity contribution in [2.75, 3.05) is 0 Å². The average molecular weight is 374 g/mol. The summed E-state index contributed by atoms with van der Waals surface area (Å²) in [6.07, 6.45) is 6.33. The van der Waals surface area contributed by atoms with Crippen LogP contribution in [0.4, 0.5) is 0 Å². The molecule has 0 aliphatic carbocycles. The fourth-order valence-electron chi connectivity index (χ4n) is 4.25. The second-order valence-electron chi connectivity index (χ2n) is 8.22. The molecular formula is C26H31NO. The first-order chi connectivity index (χ1) is 13.3. The average Bonchev–Trinajstić information content (AvgIpc) is 2.62. The van der Waals surface area contributed by atoms with Crippen molar-refractivity contribution in [2.45, 2.75) is 53.4 Å². The number of aliphatic hydroxyl groups is 1. The van der Waals surface area contributed by atoms with Crippen molar-refractivity contribution < 1.29 is 5.11 Å². The third-order valence-corrected chi connectivity index (χ3v) is 5.88. The fourth-order valence-corrected chi connectivity index (χ4v) is 4.25. The van der Waals surface area contributed by atoms with E-state index in [0.29, 0.717) is 5.92 Å². The molecule has 0 saturated heterocycles. The number of aryl methyl sites for hydroxylation is 3. The Bertz CT molecular complexity index is 941. The summed E-state index contributed by atoms with van der Waals surface area (Å²) in [5.74, 6) is 0.870. The van der Waals surface area contributed by atoms with Gasteiger partial charge in [-0.05, 0) is 79.8 Å². The number of hydrogen-bond donors (Lipinski definition) is 1. The molecule has 1 aliphatic rings. The Morgan fingerprint density at radius 1 is 1.14 bits per heavy atom. The highest BCUT2D eigenvalue weighted by molar-refractivity contribution is 5.65. The molecule has 2 nitrogen and oxygen atoms in total. The van der Waals surface area contributed by atoms with E-state index in [1.165, 1.54) is 22.3 Å². The monoisotopic (exact) mass is 373 g/mol. The van der Waals surface area contributed by atoms with Crippen LogP contribution in [0.25, 0.3) is 5.76 Å². The van der Waals surface area contributed by atoms with Crippen LogP contribution in [-0.2, 0) is 6.42 Å². The summed E-state index contributed by atoms with van der Waals surface area (Å²) < 4.78 is 0. The minimum absolute atomic E-state index is 0.140. The first kappa shape index (κ1) is 20.1. The van der Waals surface area contributed by atoms with Gasteiger partial charge in [-0.1, -0.05) is 49.9 Å². The first-order valence-electron chi connectivity index (χ1n) is 10.1. The lowest BCUT2D eigenvalue weighted by Gasteiger charge is -2.24. The number of rotatable bonds is 5.